The Morgan fingerprint density at radius 1 is 1.47 bits per heavy atom. The minimum atomic E-state index is 0.0405. The molecule has 0 bridgehead atoms. The van der Waals surface area contributed by atoms with Gasteiger partial charge >= 0.3 is 0 Å². The second-order valence-corrected chi connectivity index (χ2v) is 4.27. The van der Waals surface area contributed by atoms with Gasteiger partial charge in [-0.25, -0.2) is 0 Å². The van der Waals surface area contributed by atoms with Crippen molar-refractivity contribution in [3.63, 3.8) is 0 Å². The van der Waals surface area contributed by atoms with Crippen molar-refractivity contribution in [1.82, 2.24) is 4.90 Å². The van der Waals surface area contributed by atoms with Gasteiger partial charge in [-0.05, 0) is 17.7 Å². The van der Waals surface area contributed by atoms with Gasteiger partial charge < -0.3 is 20.7 Å². The molecule has 0 spiro atoms. The average molecular weight is 238 g/mol. The molecule has 1 aliphatic heterocycles. The molecule has 1 aromatic carbocycles. The van der Waals surface area contributed by atoms with Crippen LogP contribution in [0.4, 0.5) is 5.69 Å². The lowest BCUT2D eigenvalue weighted by Crippen LogP contribution is -2.46. The summed E-state index contributed by atoms with van der Waals surface area (Å²) < 4.78 is 5.32. The van der Waals surface area contributed by atoms with Gasteiger partial charge in [0.1, 0.15) is 5.75 Å². The molecule has 0 saturated carbocycles. The number of rotatable bonds is 3. The van der Waals surface area contributed by atoms with Gasteiger partial charge in [0.15, 0.2) is 0 Å². The largest absolute Gasteiger partial charge is 0.506 e. The normalized spacial score (nSPS) is 21.6. The zero-order chi connectivity index (χ0) is 12.3. The van der Waals surface area contributed by atoms with Gasteiger partial charge in [-0.2, -0.15) is 0 Å². The first-order valence-corrected chi connectivity index (χ1v) is 5.70. The molecule has 4 N–H and O–H groups in total. The van der Waals surface area contributed by atoms with Crippen LogP contribution in [0.1, 0.15) is 5.56 Å². The van der Waals surface area contributed by atoms with Crippen LogP contribution in [0.2, 0.25) is 0 Å². The molecule has 1 atom stereocenters. The number of hydrogen-bond donors (Lipinski definition) is 3. The minimum Gasteiger partial charge on any atom is -0.506 e. The van der Waals surface area contributed by atoms with Crippen molar-refractivity contribution in [3.05, 3.63) is 23.8 Å². The number of benzene rings is 1. The van der Waals surface area contributed by atoms with E-state index in [1.54, 1.807) is 12.1 Å². The van der Waals surface area contributed by atoms with Crippen LogP contribution in [0.3, 0.4) is 0 Å². The SMILES string of the molecule is Nc1cc(CN2CCOCC2CO)ccc1O. The summed E-state index contributed by atoms with van der Waals surface area (Å²) in [4.78, 5) is 2.16. The summed E-state index contributed by atoms with van der Waals surface area (Å²) in [6.45, 7) is 2.84. The fourth-order valence-corrected chi connectivity index (χ4v) is 2.00. The molecule has 0 aliphatic carbocycles. The molecule has 0 amide bonds. The second-order valence-electron chi connectivity index (χ2n) is 4.27. The molecule has 1 aromatic rings. The van der Waals surface area contributed by atoms with Crippen molar-refractivity contribution in [2.24, 2.45) is 0 Å². The third-order valence-corrected chi connectivity index (χ3v) is 3.04. The molecule has 5 heteroatoms. The van der Waals surface area contributed by atoms with E-state index >= 15 is 0 Å². The lowest BCUT2D eigenvalue weighted by Gasteiger charge is -2.34. The quantitative estimate of drug-likeness (QED) is 0.516. The van der Waals surface area contributed by atoms with E-state index in [4.69, 9.17) is 10.5 Å². The summed E-state index contributed by atoms with van der Waals surface area (Å²) in [7, 11) is 0. The highest BCUT2D eigenvalue weighted by Gasteiger charge is 2.22. The highest BCUT2D eigenvalue weighted by atomic mass is 16.5. The standard InChI is InChI=1S/C12H18N2O3/c13-11-5-9(1-2-12(11)16)6-14-3-4-17-8-10(14)7-15/h1-2,5,10,15-16H,3-4,6-8,13H2. The number of nitrogens with zero attached hydrogens (tertiary/aromatic N) is 1. The smallest absolute Gasteiger partial charge is 0.138 e. The van der Waals surface area contributed by atoms with E-state index < -0.39 is 0 Å². The number of nitrogen functional groups attached to an aromatic ring is 1. The van der Waals surface area contributed by atoms with Crippen LogP contribution in [-0.2, 0) is 11.3 Å². The Hall–Kier alpha value is -1.30. The third-order valence-electron chi connectivity index (χ3n) is 3.04. The molecule has 0 radical (unpaired) electrons. The topological polar surface area (TPSA) is 79.0 Å². The zero-order valence-corrected chi connectivity index (χ0v) is 9.67. The van der Waals surface area contributed by atoms with Crippen LogP contribution in [0, 0.1) is 0 Å². The fourth-order valence-electron chi connectivity index (χ4n) is 2.00. The highest BCUT2D eigenvalue weighted by molar-refractivity contribution is 5.53. The monoisotopic (exact) mass is 238 g/mol. The molecule has 94 valence electrons. The van der Waals surface area contributed by atoms with Gasteiger partial charge in [-0.15, -0.1) is 0 Å². The van der Waals surface area contributed by atoms with Gasteiger partial charge in [0, 0.05) is 13.1 Å². The summed E-state index contributed by atoms with van der Waals surface area (Å²) in [6.07, 6.45) is 0. The van der Waals surface area contributed by atoms with E-state index in [9.17, 15) is 10.2 Å². The molecule has 0 aromatic heterocycles. The van der Waals surface area contributed by atoms with Gasteiger partial charge in [0.05, 0.1) is 31.5 Å². The fraction of sp³-hybridized carbons (Fsp3) is 0.500. The number of hydrogen-bond acceptors (Lipinski definition) is 5. The maximum atomic E-state index is 9.35. The van der Waals surface area contributed by atoms with Crippen molar-refractivity contribution in [2.45, 2.75) is 12.6 Å². The Labute approximate surface area is 100 Å². The summed E-state index contributed by atoms with van der Waals surface area (Å²) in [6, 6.07) is 5.24. The Morgan fingerprint density at radius 2 is 2.29 bits per heavy atom. The average Bonchev–Trinajstić information content (AvgIpc) is 2.34. The number of ether oxygens (including phenoxy) is 1. The van der Waals surface area contributed by atoms with Crippen LogP contribution >= 0.6 is 0 Å². The summed E-state index contributed by atoms with van der Waals surface area (Å²) in [5.74, 6) is 0.106. The van der Waals surface area contributed by atoms with Crippen molar-refractivity contribution in [3.8, 4) is 5.75 Å². The first-order valence-electron chi connectivity index (χ1n) is 5.70. The van der Waals surface area contributed by atoms with Crippen molar-refractivity contribution in [1.29, 1.82) is 0 Å². The van der Waals surface area contributed by atoms with Crippen LogP contribution in [0.15, 0.2) is 18.2 Å². The summed E-state index contributed by atoms with van der Waals surface area (Å²) in [5.41, 5.74) is 7.06. The maximum absolute atomic E-state index is 9.35. The Bertz CT molecular complexity index is 384. The lowest BCUT2D eigenvalue weighted by molar-refractivity contribution is -0.0312. The van der Waals surface area contributed by atoms with E-state index in [0.29, 0.717) is 25.4 Å². The Kier molecular flexibility index (Phi) is 3.83. The molecule has 1 unspecified atom stereocenters. The van der Waals surface area contributed by atoms with E-state index in [2.05, 4.69) is 4.90 Å². The molecule has 1 aliphatic rings. The minimum absolute atomic E-state index is 0.0405. The molecule has 2 rings (SSSR count). The molecule has 5 nitrogen and oxygen atoms in total. The summed E-state index contributed by atoms with van der Waals surface area (Å²) >= 11 is 0. The second kappa shape index (κ2) is 5.35. The maximum Gasteiger partial charge on any atom is 0.138 e. The predicted octanol–water partition coefficient (Wildman–Crippen LogP) is 0.167. The first-order chi connectivity index (χ1) is 8.20. The molecule has 1 saturated heterocycles. The molecule has 1 heterocycles. The lowest BCUT2D eigenvalue weighted by atomic mass is 10.1. The molecule has 1 fully saturated rings. The number of phenols is 1. The number of morpholine rings is 1. The number of anilines is 1. The highest BCUT2D eigenvalue weighted by Crippen LogP contribution is 2.22. The zero-order valence-electron chi connectivity index (χ0n) is 9.67. The Morgan fingerprint density at radius 3 is 3.00 bits per heavy atom. The van der Waals surface area contributed by atoms with Crippen molar-refractivity contribution >= 4 is 5.69 Å². The number of nitrogens with two attached hydrogens (primary N) is 1. The molecular weight excluding hydrogens is 220 g/mol. The van der Waals surface area contributed by atoms with Crippen LogP contribution in [0.5, 0.6) is 5.75 Å². The molecular formula is C12H18N2O3. The van der Waals surface area contributed by atoms with Gasteiger partial charge in [-0.1, -0.05) is 6.07 Å². The van der Waals surface area contributed by atoms with Crippen molar-refractivity contribution in [2.75, 3.05) is 32.1 Å². The third kappa shape index (κ3) is 2.88. The predicted molar refractivity (Wildman–Crippen MR) is 64.6 cm³/mol. The van der Waals surface area contributed by atoms with Gasteiger partial charge in [-0.3, -0.25) is 4.90 Å². The van der Waals surface area contributed by atoms with E-state index in [-0.39, 0.29) is 18.4 Å². The first kappa shape index (κ1) is 12.2. The number of aromatic hydroxyl groups is 1. The number of aliphatic hydroxyl groups is 1. The number of phenolic OH excluding ortho intramolecular Hbond substituents is 1. The van der Waals surface area contributed by atoms with E-state index in [1.807, 2.05) is 6.07 Å². The summed E-state index contributed by atoms with van der Waals surface area (Å²) in [5, 5.41) is 18.6. The van der Waals surface area contributed by atoms with Crippen LogP contribution in [-0.4, -0.2) is 47.5 Å². The Balaban J connectivity index is 2.05. The van der Waals surface area contributed by atoms with Gasteiger partial charge in [0.2, 0.25) is 0 Å². The van der Waals surface area contributed by atoms with E-state index in [0.717, 1.165) is 12.1 Å². The van der Waals surface area contributed by atoms with Crippen LogP contribution < -0.4 is 5.73 Å². The van der Waals surface area contributed by atoms with Crippen LogP contribution in [0.25, 0.3) is 0 Å². The van der Waals surface area contributed by atoms with Gasteiger partial charge in [0.25, 0.3) is 0 Å². The van der Waals surface area contributed by atoms with Crippen molar-refractivity contribution < 1.29 is 14.9 Å². The molecule has 17 heavy (non-hydrogen) atoms. The van der Waals surface area contributed by atoms with E-state index in [1.165, 1.54) is 0 Å². The number of aliphatic hydroxyl groups excluding tert-OH is 1.